The van der Waals surface area contributed by atoms with Crippen LogP contribution in [0.1, 0.15) is 0 Å². The standard InChI is InChI=1S/C14H15IN2O2/c1-3-9-17(10-4-2)14(19)13(18)16-12-7-5-11(15)6-8-12/h3-8H,1-2,9-10H2,(H,16,18). The van der Waals surface area contributed by atoms with Gasteiger partial charge < -0.3 is 10.2 Å². The molecule has 1 aromatic rings. The third kappa shape index (κ3) is 4.86. The summed E-state index contributed by atoms with van der Waals surface area (Å²) in [5, 5.41) is 2.56. The van der Waals surface area contributed by atoms with Crippen molar-refractivity contribution in [2.24, 2.45) is 0 Å². The van der Waals surface area contributed by atoms with Crippen LogP contribution in [0.15, 0.2) is 49.6 Å². The van der Waals surface area contributed by atoms with E-state index >= 15 is 0 Å². The summed E-state index contributed by atoms with van der Waals surface area (Å²) in [7, 11) is 0. The molecule has 0 radical (unpaired) electrons. The summed E-state index contributed by atoms with van der Waals surface area (Å²) >= 11 is 2.17. The molecule has 1 N–H and O–H groups in total. The van der Waals surface area contributed by atoms with Crippen LogP contribution in [-0.4, -0.2) is 29.8 Å². The largest absolute Gasteiger partial charge is 0.327 e. The summed E-state index contributed by atoms with van der Waals surface area (Å²) in [6, 6.07) is 7.20. The summed E-state index contributed by atoms with van der Waals surface area (Å²) in [4.78, 5) is 25.1. The average molecular weight is 370 g/mol. The van der Waals surface area contributed by atoms with Gasteiger partial charge in [0.1, 0.15) is 0 Å². The molecule has 4 nitrogen and oxygen atoms in total. The van der Waals surface area contributed by atoms with Crippen molar-refractivity contribution in [2.45, 2.75) is 0 Å². The van der Waals surface area contributed by atoms with Gasteiger partial charge in [0.25, 0.3) is 0 Å². The van der Waals surface area contributed by atoms with Crippen molar-refractivity contribution >= 4 is 40.1 Å². The van der Waals surface area contributed by atoms with Crippen LogP contribution in [0.5, 0.6) is 0 Å². The minimum atomic E-state index is -0.662. The second kappa shape index (κ2) is 7.73. The Kier molecular flexibility index (Phi) is 6.27. The number of hydrogen-bond donors (Lipinski definition) is 1. The monoisotopic (exact) mass is 370 g/mol. The number of carbonyl (C=O) groups is 2. The zero-order valence-corrected chi connectivity index (χ0v) is 12.6. The number of hydrogen-bond acceptors (Lipinski definition) is 2. The molecule has 0 saturated carbocycles. The van der Waals surface area contributed by atoms with E-state index in [1.165, 1.54) is 4.90 Å². The number of benzene rings is 1. The number of rotatable bonds is 5. The molecular weight excluding hydrogens is 355 g/mol. The van der Waals surface area contributed by atoms with Gasteiger partial charge in [0, 0.05) is 22.3 Å². The molecule has 0 saturated heterocycles. The molecule has 0 aliphatic carbocycles. The second-order valence-corrected chi connectivity index (χ2v) is 4.99. The topological polar surface area (TPSA) is 49.4 Å². The van der Waals surface area contributed by atoms with Crippen molar-refractivity contribution in [3.8, 4) is 0 Å². The summed E-state index contributed by atoms with van der Waals surface area (Å²) in [5.74, 6) is -1.26. The maximum absolute atomic E-state index is 11.9. The second-order valence-electron chi connectivity index (χ2n) is 3.75. The number of nitrogens with zero attached hydrogens (tertiary/aromatic N) is 1. The fourth-order valence-electron chi connectivity index (χ4n) is 1.41. The van der Waals surface area contributed by atoms with Crippen molar-refractivity contribution < 1.29 is 9.59 Å². The van der Waals surface area contributed by atoms with E-state index in [1.54, 1.807) is 24.3 Å². The number of nitrogens with one attached hydrogen (secondary N) is 1. The Morgan fingerprint density at radius 2 is 1.68 bits per heavy atom. The van der Waals surface area contributed by atoms with Gasteiger partial charge in [-0.15, -0.1) is 13.2 Å². The highest BCUT2D eigenvalue weighted by molar-refractivity contribution is 14.1. The van der Waals surface area contributed by atoms with E-state index in [1.807, 2.05) is 12.1 Å². The van der Waals surface area contributed by atoms with Crippen LogP contribution in [0.3, 0.4) is 0 Å². The SMILES string of the molecule is C=CCN(CC=C)C(=O)C(=O)Nc1ccc(I)cc1. The van der Waals surface area contributed by atoms with Gasteiger partial charge in [-0.05, 0) is 46.9 Å². The van der Waals surface area contributed by atoms with E-state index in [0.29, 0.717) is 18.8 Å². The first kappa shape index (κ1) is 15.4. The van der Waals surface area contributed by atoms with Crippen LogP contribution >= 0.6 is 22.6 Å². The lowest BCUT2D eigenvalue weighted by molar-refractivity contribution is -0.142. The van der Waals surface area contributed by atoms with Crippen molar-refractivity contribution in [3.05, 3.63) is 53.1 Å². The highest BCUT2D eigenvalue weighted by Crippen LogP contribution is 2.11. The molecule has 19 heavy (non-hydrogen) atoms. The average Bonchev–Trinajstić information content (AvgIpc) is 2.40. The fourth-order valence-corrected chi connectivity index (χ4v) is 1.77. The van der Waals surface area contributed by atoms with E-state index < -0.39 is 11.8 Å². The maximum atomic E-state index is 11.9. The van der Waals surface area contributed by atoms with Crippen LogP contribution in [0.25, 0.3) is 0 Å². The Morgan fingerprint density at radius 1 is 1.16 bits per heavy atom. The Bertz CT molecular complexity index is 473. The molecule has 5 heteroatoms. The number of carbonyl (C=O) groups excluding carboxylic acids is 2. The minimum Gasteiger partial charge on any atom is -0.327 e. The highest BCUT2D eigenvalue weighted by Gasteiger charge is 2.19. The van der Waals surface area contributed by atoms with E-state index in [-0.39, 0.29) is 0 Å². The molecule has 0 aliphatic rings. The first-order chi connectivity index (χ1) is 9.08. The molecule has 1 rings (SSSR count). The van der Waals surface area contributed by atoms with Gasteiger partial charge in [0.2, 0.25) is 0 Å². The summed E-state index contributed by atoms with van der Waals surface area (Å²) in [6.07, 6.45) is 3.14. The number of amides is 2. The molecule has 0 bridgehead atoms. The normalized spacial score (nSPS) is 9.53. The molecule has 0 aliphatic heterocycles. The Labute approximate surface area is 126 Å². The molecule has 100 valence electrons. The van der Waals surface area contributed by atoms with Crippen molar-refractivity contribution in [3.63, 3.8) is 0 Å². The number of halogens is 1. The summed E-state index contributed by atoms with van der Waals surface area (Å²) < 4.78 is 1.06. The highest BCUT2D eigenvalue weighted by atomic mass is 127. The van der Waals surface area contributed by atoms with Crippen molar-refractivity contribution in [1.82, 2.24) is 4.90 Å². The van der Waals surface area contributed by atoms with Crippen LogP contribution in [0, 0.1) is 3.57 Å². The van der Waals surface area contributed by atoms with E-state index in [4.69, 9.17) is 0 Å². The van der Waals surface area contributed by atoms with Gasteiger partial charge >= 0.3 is 11.8 Å². The smallest absolute Gasteiger partial charge is 0.313 e. The minimum absolute atomic E-state index is 0.310. The molecule has 0 spiro atoms. The van der Waals surface area contributed by atoms with Gasteiger partial charge in [0.05, 0.1) is 0 Å². The zero-order chi connectivity index (χ0) is 14.3. The van der Waals surface area contributed by atoms with Crippen LogP contribution in [-0.2, 0) is 9.59 Å². The maximum Gasteiger partial charge on any atom is 0.313 e. The first-order valence-electron chi connectivity index (χ1n) is 5.66. The van der Waals surface area contributed by atoms with E-state index in [2.05, 4.69) is 41.1 Å². The van der Waals surface area contributed by atoms with Crippen LogP contribution in [0.4, 0.5) is 5.69 Å². The van der Waals surface area contributed by atoms with Crippen molar-refractivity contribution in [2.75, 3.05) is 18.4 Å². The molecule has 0 aromatic heterocycles. The molecule has 0 unspecified atom stereocenters. The summed E-state index contributed by atoms with van der Waals surface area (Å²) in [5.41, 5.74) is 0.593. The molecule has 0 heterocycles. The lowest BCUT2D eigenvalue weighted by Crippen LogP contribution is -2.39. The zero-order valence-electron chi connectivity index (χ0n) is 10.4. The van der Waals surface area contributed by atoms with Crippen LogP contribution in [0.2, 0.25) is 0 Å². The third-order valence-corrected chi connectivity index (χ3v) is 3.00. The van der Waals surface area contributed by atoms with E-state index in [0.717, 1.165) is 3.57 Å². The Morgan fingerprint density at radius 3 is 2.16 bits per heavy atom. The fraction of sp³-hybridized carbons (Fsp3) is 0.143. The summed E-state index contributed by atoms with van der Waals surface area (Å²) in [6.45, 7) is 7.74. The molecule has 1 aromatic carbocycles. The third-order valence-electron chi connectivity index (χ3n) is 2.28. The molecule has 0 fully saturated rings. The first-order valence-corrected chi connectivity index (χ1v) is 6.74. The predicted molar refractivity (Wildman–Crippen MR) is 84.8 cm³/mol. The van der Waals surface area contributed by atoms with Crippen molar-refractivity contribution in [1.29, 1.82) is 0 Å². The predicted octanol–water partition coefficient (Wildman–Crippen LogP) is 2.43. The van der Waals surface area contributed by atoms with Gasteiger partial charge in [-0.1, -0.05) is 12.2 Å². The molecule has 0 atom stereocenters. The molecular formula is C14H15IN2O2. The number of anilines is 1. The lowest BCUT2D eigenvalue weighted by atomic mass is 10.3. The lowest BCUT2D eigenvalue weighted by Gasteiger charge is -2.18. The van der Waals surface area contributed by atoms with E-state index in [9.17, 15) is 9.59 Å². The Hall–Kier alpha value is -1.63. The Balaban J connectivity index is 2.70. The van der Waals surface area contributed by atoms with Gasteiger partial charge in [-0.2, -0.15) is 0 Å². The van der Waals surface area contributed by atoms with Gasteiger partial charge in [-0.25, -0.2) is 0 Å². The quantitative estimate of drug-likeness (QED) is 0.492. The van der Waals surface area contributed by atoms with Crippen LogP contribution < -0.4 is 5.32 Å². The molecule has 2 amide bonds. The van der Waals surface area contributed by atoms with Gasteiger partial charge in [0.15, 0.2) is 0 Å². The van der Waals surface area contributed by atoms with Gasteiger partial charge in [-0.3, -0.25) is 9.59 Å².